The summed E-state index contributed by atoms with van der Waals surface area (Å²) in [6, 6.07) is 0.576. The van der Waals surface area contributed by atoms with E-state index < -0.39 is 0 Å². The minimum atomic E-state index is 0.0689. The van der Waals surface area contributed by atoms with Gasteiger partial charge in [0, 0.05) is 24.6 Å². The Bertz CT molecular complexity index is 141. The highest BCUT2D eigenvalue weighted by Gasteiger charge is 2.25. The van der Waals surface area contributed by atoms with Crippen LogP contribution in [0.15, 0.2) is 0 Å². The summed E-state index contributed by atoms with van der Waals surface area (Å²) in [6.07, 6.45) is 2.22. The van der Waals surface area contributed by atoms with Crippen molar-refractivity contribution in [3.05, 3.63) is 0 Å². The van der Waals surface area contributed by atoms with Crippen LogP contribution >= 0.6 is 0 Å². The Hall–Kier alpha value is -0.0800. The molecule has 0 amide bonds. The fraction of sp³-hybridized carbons (Fsp3) is 1.00. The van der Waals surface area contributed by atoms with Crippen LogP contribution in [0.5, 0.6) is 0 Å². The molecule has 0 fully saturated rings. The van der Waals surface area contributed by atoms with Gasteiger partial charge in [-0.15, -0.1) is 0 Å². The predicted molar refractivity (Wildman–Crippen MR) is 62.5 cm³/mol. The van der Waals surface area contributed by atoms with Crippen LogP contribution in [0.1, 0.15) is 47.5 Å². The van der Waals surface area contributed by atoms with E-state index in [-0.39, 0.29) is 12.0 Å². The molecule has 0 bridgehead atoms. The van der Waals surface area contributed by atoms with Gasteiger partial charge >= 0.3 is 0 Å². The van der Waals surface area contributed by atoms with Gasteiger partial charge in [0.15, 0.2) is 0 Å². The Morgan fingerprint density at radius 3 is 2.14 bits per heavy atom. The van der Waals surface area contributed by atoms with Crippen molar-refractivity contribution in [1.82, 2.24) is 4.90 Å². The monoisotopic (exact) mass is 201 g/mol. The van der Waals surface area contributed by atoms with Gasteiger partial charge in [-0.05, 0) is 33.2 Å². The zero-order valence-electron chi connectivity index (χ0n) is 10.5. The zero-order chi connectivity index (χ0) is 11.2. The van der Waals surface area contributed by atoms with E-state index in [0.29, 0.717) is 6.04 Å². The topological polar surface area (TPSA) is 23.5 Å². The molecule has 0 rings (SSSR count). The number of aliphatic hydroxyl groups excluding tert-OH is 1. The first-order chi connectivity index (χ1) is 6.49. The van der Waals surface area contributed by atoms with E-state index in [4.69, 9.17) is 0 Å². The van der Waals surface area contributed by atoms with Crippen molar-refractivity contribution in [3.63, 3.8) is 0 Å². The van der Waals surface area contributed by atoms with Gasteiger partial charge < -0.3 is 10.0 Å². The van der Waals surface area contributed by atoms with Crippen molar-refractivity contribution in [2.45, 2.75) is 53.5 Å². The molecule has 0 radical (unpaired) electrons. The maximum absolute atomic E-state index is 9.36. The molecule has 0 saturated carbocycles. The van der Waals surface area contributed by atoms with Gasteiger partial charge in [-0.3, -0.25) is 0 Å². The Morgan fingerprint density at radius 1 is 1.29 bits per heavy atom. The van der Waals surface area contributed by atoms with Crippen molar-refractivity contribution in [3.8, 4) is 0 Å². The SMILES string of the molecule is CCCN(CC(C)(CC)CO)C(C)C. The van der Waals surface area contributed by atoms with Crippen LogP contribution in [0, 0.1) is 5.41 Å². The number of nitrogens with zero attached hydrogens (tertiary/aromatic N) is 1. The minimum absolute atomic E-state index is 0.0689. The average Bonchev–Trinajstić information content (AvgIpc) is 2.17. The van der Waals surface area contributed by atoms with Crippen molar-refractivity contribution >= 4 is 0 Å². The summed E-state index contributed by atoms with van der Waals surface area (Å²) >= 11 is 0. The molecule has 0 aliphatic carbocycles. The first-order valence-electron chi connectivity index (χ1n) is 5.84. The molecule has 0 saturated heterocycles. The van der Waals surface area contributed by atoms with Crippen molar-refractivity contribution in [1.29, 1.82) is 0 Å². The van der Waals surface area contributed by atoms with Crippen LogP contribution in [0.25, 0.3) is 0 Å². The normalized spacial score (nSPS) is 16.3. The summed E-state index contributed by atoms with van der Waals surface area (Å²) in [5.74, 6) is 0. The molecule has 1 unspecified atom stereocenters. The van der Waals surface area contributed by atoms with E-state index in [2.05, 4.69) is 39.5 Å². The van der Waals surface area contributed by atoms with Crippen molar-refractivity contribution < 1.29 is 5.11 Å². The van der Waals surface area contributed by atoms with E-state index >= 15 is 0 Å². The highest BCUT2D eigenvalue weighted by molar-refractivity contribution is 4.77. The molecule has 0 aliphatic rings. The Labute approximate surface area is 89.3 Å². The fourth-order valence-corrected chi connectivity index (χ4v) is 1.57. The Morgan fingerprint density at radius 2 is 1.86 bits per heavy atom. The summed E-state index contributed by atoms with van der Waals surface area (Å²) in [5, 5.41) is 9.36. The van der Waals surface area contributed by atoms with Gasteiger partial charge in [0.2, 0.25) is 0 Å². The molecule has 1 atom stereocenters. The third kappa shape index (κ3) is 4.43. The first-order valence-corrected chi connectivity index (χ1v) is 5.84. The molecule has 0 aromatic carbocycles. The molecular weight excluding hydrogens is 174 g/mol. The van der Waals surface area contributed by atoms with Crippen LogP contribution in [-0.2, 0) is 0 Å². The minimum Gasteiger partial charge on any atom is -0.396 e. The standard InChI is InChI=1S/C12H27NO/c1-6-8-13(11(3)4)9-12(5,7-2)10-14/h11,14H,6-10H2,1-5H3. The maximum Gasteiger partial charge on any atom is 0.0496 e. The van der Waals surface area contributed by atoms with E-state index in [0.717, 1.165) is 19.5 Å². The molecule has 0 aromatic rings. The number of hydrogen-bond acceptors (Lipinski definition) is 2. The van der Waals surface area contributed by atoms with E-state index in [1.807, 2.05) is 0 Å². The van der Waals surface area contributed by atoms with Crippen LogP contribution in [0.2, 0.25) is 0 Å². The van der Waals surface area contributed by atoms with E-state index in [1.165, 1.54) is 6.42 Å². The smallest absolute Gasteiger partial charge is 0.0496 e. The lowest BCUT2D eigenvalue weighted by atomic mass is 9.87. The average molecular weight is 201 g/mol. The third-order valence-electron chi connectivity index (χ3n) is 3.06. The zero-order valence-corrected chi connectivity index (χ0v) is 10.5. The molecule has 1 N–H and O–H groups in total. The molecule has 86 valence electrons. The summed E-state index contributed by atoms with van der Waals surface area (Å²) in [5.41, 5.74) is 0.0689. The van der Waals surface area contributed by atoms with Gasteiger partial charge in [-0.2, -0.15) is 0 Å². The van der Waals surface area contributed by atoms with Gasteiger partial charge in [0.1, 0.15) is 0 Å². The summed E-state index contributed by atoms with van der Waals surface area (Å²) in [7, 11) is 0. The van der Waals surface area contributed by atoms with Gasteiger partial charge in [-0.25, -0.2) is 0 Å². The summed E-state index contributed by atoms with van der Waals surface area (Å²) < 4.78 is 0. The predicted octanol–water partition coefficient (Wildman–Crippen LogP) is 2.52. The Kier molecular flexibility index (Phi) is 6.38. The number of rotatable bonds is 7. The second-order valence-electron chi connectivity index (χ2n) is 4.89. The molecule has 14 heavy (non-hydrogen) atoms. The molecule has 0 aliphatic heterocycles. The lowest BCUT2D eigenvalue weighted by Crippen LogP contribution is -2.42. The van der Waals surface area contributed by atoms with Crippen LogP contribution in [0.3, 0.4) is 0 Å². The maximum atomic E-state index is 9.36. The van der Waals surface area contributed by atoms with E-state index in [9.17, 15) is 5.11 Å². The second-order valence-corrected chi connectivity index (χ2v) is 4.89. The highest BCUT2D eigenvalue weighted by atomic mass is 16.3. The largest absolute Gasteiger partial charge is 0.396 e. The van der Waals surface area contributed by atoms with Crippen LogP contribution < -0.4 is 0 Å². The second kappa shape index (κ2) is 6.41. The first kappa shape index (κ1) is 13.9. The molecule has 0 aromatic heterocycles. The van der Waals surface area contributed by atoms with Crippen molar-refractivity contribution in [2.75, 3.05) is 19.7 Å². The Balaban J connectivity index is 4.25. The lowest BCUT2D eigenvalue weighted by Gasteiger charge is -2.35. The van der Waals surface area contributed by atoms with Gasteiger partial charge in [-0.1, -0.05) is 20.8 Å². The number of aliphatic hydroxyl groups is 1. The molecular formula is C12H27NO. The van der Waals surface area contributed by atoms with Crippen LogP contribution in [0.4, 0.5) is 0 Å². The summed E-state index contributed by atoms with van der Waals surface area (Å²) in [4.78, 5) is 2.46. The third-order valence-corrected chi connectivity index (χ3v) is 3.06. The van der Waals surface area contributed by atoms with Crippen LogP contribution in [-0.4, -0.2) is 35.7 Å². The molecule has 2 heteroatoms. The lowest BCUT2D eigenvalue weighted by molar-refractivity contribution is 0.0703. The molecule has 0 spiro atoms. The van der Waals surface area contributed by atoms with Crippen molar-refractivity contribution in [2.24, 2.45) is 5.41 Å². The van der Waals surface area contributed by atoms with Gasteiger partial charge in [0.05, 0.1) is 0 Å². The molecule has 0 heterocycles. The summed E-state index contributed by atoms with van der Waals surface area (Å²) in [6.45, 7) is 13.4. The van der Waals surface area contributed by atoms with E-state index in [1.54, 1.807) is 0 Å². The molecule has 2 nitrogen and oxygen atoms in total. The number of hydrogen-bond donors (Lipinski definition) is 1. The highest BCUT2D eigenvalue weighted by Crippen LogP contribution is 2.22. The van der Waals surface area contributed by atoms with Gasteiger partial charge in [0.25, 0.3) is 0 Å². The fourth-order valence-electron chi connectivity index (χ4n) is 1.57. The quantitative estimate of drug-likeness (QED) is 0.684.